The van der Waals surface area contributed by atoms with E-state index in [1.807, 2.05) is 18.2 Å². The Bertz CT molecular complexity index is 2030. The average Bonchev–Trinajstić information content (AvgIpc) is 3.30. The standard InChI is InChI=1S/C29H20ClF3N8O2/c1-13-12-43-23-6-14(2-4-19(23)35-13)27-34-10-21(36-27)26-16-8-17(16)28-37-20(9-25(42)41(26)28)18-7-15(30)3-5-22(18)40-11-24(38-39-40)29(31,32)33/h2-7,9-11,16-17,26,35H,1,8,12H2,(H,34,36). The van der Waals surface area contributed by atoms with Crippen LogP contribution < -0.4 is 15.6 Å². The number of ether oxygens (including phenoxy) is 1. The van der Waals surface area contributed by atoms with Gasteiger partial charge in [-0.2, -0.15) is 13.2 Å². The Kier molecular flexibility index (Phi) is 5.42. The van der Waals surface area contributed by atoms with Gasteiger partial charge in [0.05, 0.1) is 41.2 Å². The van der Waals surface area contributed by atoms with Crippen molar-refractivity contribution in [2.45, 2.75) is 24.6 Å². The molecule has 0 bridgehead atoms. The first-order valence-corrected chi connectivity index (χ1v) is 13.7. The molecule has 216 valence electrons. The zero-order chi connectivity index (χ0) is 29.6. The monoisotopic (exact) mass is 604 g/mol. The zero-order valence-electron chi connectivity index (χ0n) is 22.1. The van der Waals surface area contributed by atoms with Crippen LogP contribution in [0.3, 0.4) is 0 Å². The first kappa shape index (κ1) is 25.8. The fourth-order valence-electron chi connectivity index (χ4n) is 5.95. The highest BCUT2D eigenvalue weighted by Crippen LogP contribution is 2.60. The lowest BCUT2D eigenvalue weighted by atomic mass is 10.1. The van der Waals surface area contributed by atoms with Crippen molar-refractivity contribution in [3.05, 3.63) is 99.7 Å². The number of aromatic amines is 1. The molecule has 0 amide bonds. The van der Waals surface area contributed by atoms with Gasteiger partial charge >= 0.3 is 6.18 Å². The maximum atomic E-state index is 13.6. The predicted molar refractivity (Wildman–Crippen MR) is 150 cm³/mol. The van der Waals surface area contributed by atoms with Crippen molar-refractivity contribution in [3.63, 3.8) is 0 Å². The lowest BCUT2D eigenvalue weighted by Crippen LogP contribution is -2.27. The number of alkyl halides is 3. The Morgan fingerprint density at radius 2 is 2.00 bits per heavy atom. The van der Waals surface area contributed by atoms with Crippen molar-refractivity contribution in [2.75, 3.05) is 11.9 Å². The van der Waals surface area contributed by atoms with Gasteiger partial charge in [0.25, 0.3) is 5.56 Å². The quantitative estimate of drug-likeness (QED) is 0.275. The Morgan fingerprint density at radius 1 is 1.14 bits per heavy atom. The Morgan fingerprint density at radius 3 is 2.81 bits per heavy atom. The molecule has 14 heteroatoms. The SMILES string of the molecule is C=C1COc2cc(-c3ncc(C4C5CC5c5nc(-c6cc(Cl)ccc6-n6cc(C(F)(F)F)nn6)cc(=O)n54)[nH]3)ccc2N1. The van der Waals surface area contributed by atoms with Crippen molar-refractivity contribution in [1.29, 1.82) is 0 Å². The van der Waals surface area contributed by atoms with Crippen LogP contribution in [0.1, 0.15) is 35.6 Å². The van der Waals surface area contributed by atoms with Crippen molar-refractivity contribution in [2.24, 2.45) is 5.92 Å². The van der Waals surface area contributed by atoms with Gasteiger partial charge in [-0.25, -0.2) is 14.6 Å². The number of nitrogens with one attached hydrogen (secondary N) is 2. The third-order valence-electron chi connectivity index (χ3n) is 7.98. The highest BCUT2D eigenvalue weighted by atomic mass is 35.5. The van der Waals surface area contributed by atoms with E-state index in [4.69, 9.17) is 21.3 Å². The number of nitrogens with zero attached hydrogens (tertiary/aromatic N) is 6. The topological polar surface area (TPSA) is 116 Å². The number of fused-ring (bicyclic) bond motifs is 4. The van der Waals surface area contributed by atoms with Gasteiger partial charge in [0, 0.05) is 33.8 Å². The number of anilines is 1. The Balaban J connectivity index is 1.15. The van der Waals surface area contributed by atoms with Crippen molar-refractivity contribution >= 4 is 17.3 Å². The van der Waals surface area contributed by atoms with Crippen LogP contribution in [0.15, 0.2) is 71.9 Å². The lowest BCUT2D eigenvalue weighted by Gasteiger charge is -2.21. The molecule has 5 aromatic rings. The summed E-state index contributed by atoms with van der Waals surface area (Å²) in [5, 5.41) is 10.4. The molecule has 2 aromatic carbocycles. The van der Waals surface area contributed by atoms with Gasteiger partial charge in [-0.1, -0.05) is 23.4 Å². The van der Waals surface area contributed by atoms with Crippen LogP contribution in [0, 0.1) is 5.92 Å². The first-order chi connectivity index (χ1) is 20.6. The number of hydrogen-bond acceptors (Lipinski definition) is 7. The minimum absolute atomic E-state index is 0.0616. The van der Waals surface area contributed by atoms with Crippen molar-refractivity contribution < 1.29 is 17.9 Å². The number of H-pyrrole nitrogens is 1. The van der Waals surface area contributed by atoms with Crippen molar-refractivity contribution in [1.82, 2.24) is 34.5 Å². The molecule has 1 fully saturated rings. The minimum Gasteiger partial charge on any atom is -0.485 e. The summed E-state index contributed by atoms with van der Waals surface area (Å²) < 4.78 is 48.1. The van der Waals surface area contributed by atoms with Crippen LogP contribution in [0.2, 0.25) is 5.02 Å². The van der Waals surface area contributed by atoms with Crippen LogP contribution in [-0.2, 0) is 6.18 Å². The summed E-state index contributed by atoms with van der Waals surface area (Å²) >= 11 is 6.26. The Hall–Kier alpha value is -4.91. The summed E-state index contributed by atoms with van der Waals surface area (Å²) in [6.07, 6.45) is -1.28. The van der Waals surface area contributed by atoms with E-state index < -0.39 is 11.9 Å². The molecule has 10 nitrogen and oxygen atoms in total. The van der Waals surface area contributed by atoms with Gasteiger partial charge in [0.1, 0.15) is 24.0 Å². The molecular weight excluding hydrogens is 585 g/mol. The predicted octanol–water partition coefficient (Wildman–Crippen LogP) is 5.58. The van der Waals surface area contributed by atoms with Gasteiger partial charge < -0.3 is 15.0 Å². The van der Waals surface area contributed by atoms with E-state index >= 15 is 0 Å². The second-order valence-electron chi connectivity index (χ2n) is 10.8. The van der Waals surface area contributed by atoms with Gasteiger partial charge in [-0.3, -0.25) is 9.36 Å². The molecule has 3 aromatic heterocycles. The van der Waals surface area contributed by atoms with Crippen LogP contribution in [0.25, 0.3) is 28.3 Å². The smallest absolute Gasteiger partial charge is 0.436 e. The maximum Gasteiger partial charge on any atom is 0.436 e. The summed E-state index contributed by atoms with van der Waals surface area (Å²) in [7, 11) is 0. The minimum atomic E-state index is -4.65. The summed E-state index contributed by atoms with van der Waals surface area (Å²) in [4.78, 5) is 26.5. The lowest BCUT2D eigenvalue weighted by molar-refractivity contribution is -0.141. The fraction of sp³-hybridized carbons (Fsp3) is 0.207. The zero-order valence-corrected chi connectivity index (χ0v) is 22.8. The molecular formula is C29H20ClF3N8O2. The average molecular weight is 605 g/mol. The van der Waals surface area contributed by atoms with E-state index in [2.05, 4.69) is 32.2 Å². The normalized spacial score (nSPS) is 20.2. The van der Waals surface area contributed by atoms with Crippen LogP contribution in [-0.4, -0.2) is 41.1 Å². The van der Waals surface area contributed by atoms with Crippen molar-refractivity contribution in [3.8, 4) is 34.1 Å². The third kappa shape index (κ3) is 4.22. The number of imidazole rings is 1. The molecule has 2 N–H and O–H groups in total. The Labute approximate surface area is 245 Å². The van der Waals surface area contributed by atoms with Crippen LogP contribution in [0.5, 0.6) is 5.75 Å². The highest BCUT2D eigenvalue weighted by Gasteiger charge is 2.55. The van der Waals surface area contributed by atoms with E-state index in [1.165, 1.54) is 18.2 Å². The number of aromatic nitrogens is 7. The largest absolute Gasteiger partial charge is 0.485 e. The van der Waals surface area contributed by atoms with Crippen LogP contribution in [0.4, 0.5) is 18.9 Å². The molecule has 1 saturated carbocycles. The number of benzene rings is 2. The second-order valence-corrected chi connectivity index (χ2v) is 11.2. The second kappa shape index (κ2) is 9.04. The molecule has 3 atom stereocenters. The number of hydrogen-bond donors (Lipinski definition) is 2. The number of rotatable bonds is 4. The molecule has 5 heterocycles. The fourth-order valence-corrected chi connectivity index (χ4v) is 6.12. The van der Waals surface area contributed by atoms with E-state index in [-0.39, 0.29) is 29.1 Å². The van der Waals surface area contributed by atoms with Gasteiger partial charge in [-0.15, -0.1) is 5.10 Å². The molecule has 43 heavy (non-hydrogen) atoms. The number of halogens is 4. The van der Waals surface area contributed by atoms with Gasteiger partial charge in [0.15, 0.2) is 5.69 Å². The van der Waals surface area contributed by atoms with E-state index in [9.17, 15) is 18.0 Å². The van der Waals surface area contributed by atoms with E-state index in [1.54, 1.807) is 16.8 Å². The molecule has 3 unspecified atom stereocenters. The third-order valence-corrected chi connectivity index (χ3v) is 8.22. The van der Waals surface area contributed by atoms with Gasteiger partial charge in [-0.05, 0) is 48.7 Å². The van der Waals surface area contributed by atoms with E-state index in [0.29, 0.717) is 40.3 Å². The summed E-state index contributed by atoms with van der Waals surface area (Å²) in [5.74, 6) is 2.18. The molecule has 1 aliphatic carbocycles. The summed E-state index contributed by atoms with van der Waals surface area (Å²) in [6, 6.07) is 11.4. The van der Waals surface area contributed by atoms with Gasteiger partial charge in [0.2, 0.25) is 0 Å². The summed E-state index contributed by atoms with van der Waals surface area (Å²) in [5.41, 5.74) is 2.72. The summed E-state index contributed by atoms with van der Waals surface area (Å²) in [6.45, 7) is 4.27. The molecule has 0 radical (unpaired) electrons. The molecule has 0 spiro atoms. The first-order valence-electron chi connectivity index (χ1n) is 13.3. The van der Waals surface area contributed by atoms with E-state index in [0.717, 1.165) is 39.9 Å². The van der Waals surface area contributed by atoms with Crippen LogP contribution >= 0.6 is 11.6 Å². The molecule has 8 rings (SSSR count). The molecule has 2 aliphatic heterocycles. The molecule has 0 saturated heterocycles. The highest BCUT2D eigenvalue weighted by molar-refractivity contribution is 6.31. The maximum absolute atomic E-state index is 13.6. The molecule has 3 aliphatic rings.